The lowest BCUT2D eigenvalue weighted by Gasteiger charge is -2.36. The van der Waals surface area contributed by atoms with Crippen molar-refractivity contribution in [2.45, 2.75) is 87.8 Å². The highest BCUT2D eigenvalue weighted by Crippen LogP contribution is 2.71. The molecule has 3 fully saturated rings. The van der Waals surface area contributed by atoms with E-state index in [0.717, 1.165) is 31.4 Å². The molecular formula is C28H41N3O5S. The molecule has 9 heteroatoms. The lowest BCUT2D eigenvalue weighted by molar-refractivity contribution is -0.142. The number of hydrogen-bond acceptors (Lipinski definition) is 6. The van der Waals surface area contributed by atoms with E-state index in [-0.39, 0.29) is 24.3 Å². The van der Waals surface area contributed by atoms with Gasteiger partial charge >= 0.3 is 0 Å². The van der Waals surface area contributed by atoms with Gasteiger partial charge in [-0.25, -0.2) is 0 Å². The molecule has 8 nitrogen and oxygen atoms in total. The Bertz CT molecular complexity index is 1000. The van der Waals surface area contributed by atoms with Gasteiger partial charge in [-0.05, 0) is 63.8 Å². The number of nitrogens with zero attached hydrogens (tertiary/aromatic N) is 1. The Morgan fingerprint density at radius 1 is 1.16 bits per heavy atom. The van der Waals surface area contributed by atoms with Crippen LogP contribution in [0.4, 0.5) is 5.69 Å². The molecule has 204 valence electrons. The molecule has 0 saturated carbocycles. The van der Waals surface area contributed by atoms with Gasteiger partial charge in [-0.2, -0.15) is 0 Å². The Balaban J connectivity index is 1.63. The summed E-state index contributed by atoms with van der Waals surface area (Å²) in [6.45, 7) is 8.91. The quantitative estimate of drug-likeness (QED) is 0.356. The molecule has 37 heavy (non-hydrogen) atoms. The van der Waals surface area contributed by atoms with Crippen LogP contribution in [0.1, 0.15) is 66.2 Å². The lowest BCUT2D eigenvalue weighted by Crippen LogP contribution is -2.56. The number of rotatable bonds is 12. The van der Waals surface area contributed by atoms with Gasteiger partial charge in [0.2, 0.25) is 17.7 Å². The minimum Gasteiger partial charge on any atom is -0.494 e. The molecule has 3 aliphatic heterocycles. The molecule has 0 radical (unpaired) electrons. The van der Waals surface area contributed by atoms with Crippen LogP contribution in [0.2, 0.25) is 0 Å². The van der Waals surface area contributed by atoms with Crippen LogP contribution in [-0.4, -0.2) is 69.1 Å². The first-order valence-corrected chi connectivity index (χ1v) is 14.5. The van der Waals surface area contributed by atoms with Crippen LogP contribution in [0, 0.1) is 11.8 Å². The molecular weight excluding hydrogens is 490 g/mol. The summed E-state index contributed by atoms with van der Waals surface area (Å²) in [5.41, 5.74) is 0.646. The zero-order chi connectivity index (χ0) is 26.8. The minimum absolute atomic E-state index is 0.164. The number of ether oxygens (including phenoxy) is 1. The summed E-state index contributed by atoms with van der Waals surface area (Å²) >= 11 is 1.65. The highest BCUT2D eigenvalue weighted by molar-refractivity contribution is 8.02. The van der Waals surface area contributed by atoms with Gasteiger partial charge in [0.15, 0.2) is 0 Å². The van der Waals surface area contributed by atoms with Gasteiger partial charge in [0.25, 0.3) is 0 Å². The summed E-state index contributed by atoms with van der Waals surface area (Å²) in [4.78, 5) is 43.1. The number of amides is 3. The van der Waals surface area contributed by atoms with Gasteiger partial charge in [0.1, 0.15) is 11.8 Å². The Kier molecular flexibility index (Phi) is 8.43. The van der Waals surface area contributed by atoms with Crippen molar-refractivity contribution in [3.05, 3.63) is 24.3 Å². The molecule has 6 atom stereocenters. The van der Waals surface area contributed by atoms with E-state index < -0.39 is 33.4 Å². The van der Waals surface area contributed by atoms with Crippen molar-refractivity contribution < 1.29 is 24.2 Å². The van der Waals surface area contributed by atoms with Gasteiger partial charge in [0.05, 0.1) is 35.8 Å². The normalized spacial score (nSPS) is 30.8. The van der Waals surface area contributed by atoms with Crippen molar-refractivity contribution in [1.82, 2.24) is 10.2 Å². The average Bonchev–Trinajstić information content (AvgIpc) is 3.45. The second-order valence-electron chi connectivity index (χ2n) is 10.7. The van der Waals surface area contributed by atoms with Crippen LogP contribution in [0.5, 0.6) is 5.75 Å². The molecule has 0 aromatic heterocycles. The standard InChI is InChI=1S/C28H41N3O5S/c1-5-8-9-16-29-25(34)23-28-15-14-27(4,37-28)21(22(28)26(35)31(23)19(6-2)17-32)24(33)30-18-10-12-20(13-11-18)36-7-3/h10-13,19,21-23,32H,5-9,14-17H2,1-4H3,(H,29,34)(H,30,33)/t19-,21-,22-,23?,27+,28?/m0/s1. The second kappa shape index (κ2) is 11.2. The van der Waals surface area contributed by atoms with Gasteiger partial charge in [-0.1, -0.05) is 26.7 Å². The Hall–Kier alpha value is -2.26. The highest BCUT2D eigenvalue weighted by atomic mass is 32.2. The Labute approximate surface area is 224 Å². The van der Waals surface area contributed by atoms with Gasteiger partial charge in [0, 0.05) is 17.0 Å². The summed E-state index contributed by atoms with van der Waals surface area (Å²) in [5.74, 6) is -0.987. The zero-order valence-corrected chi connectivity index (χ0v) is 23.2. The van der Waals surface area contributed by atoms with E-state index in [1.165, 1.54) is 0 Å². The average molecular weight is 532 g/mol. The predicted octanol–water partition coefficient (Wildman–Crippen LogP) is 3.58. The summed E-state index contributed by atoms with van der Waals surface area (Å²) in [6.07, 6.45) is 4.95. The fourth-order valence-corrected chi connectivity index (χ4v) is 8.92. The number of nitrogens with one attached hydrogen (secondary N) is 2. The fraction of sp³-hybridized carbons (Fsp3) is 0.679. The zero-order valence-electron chi connectivity index (χ0n) is 22.4. The number of carbonyl (C=O) groups is 3. The van der Waals surface area contributed by atoms with Crippen molar-refractivity contribution in [3.63, 3.8) is 0 Å². The molecule has 1 aromatic rings. The molecule has 0 aliphatic carbocycles. The van der Waals surface area contributed by atoms with Crippen LogP contribution in [0.15, 0.2) is 24.3 Å². The van der Waals surface area contributed by atoms with Crippen LogP contribution in [-0.2, 0) is 14.4 Å². The first kappa shape index (κ1) is 27.8. The van der Waals surface area contributed by atoms with Crippen molar-refractivity contribution in [3.8, 4) is 5.75 Å². The molecule has 3 N–H and O–H groups in total. The van der Waals surface area contributed by atoms with E-state index in [2.05, 4.69) is 24.5 Å². The number of benzene rings is 1. The van der Waals surface area contributed by atoms with E-state index in [0.29, 0.717) is 31.7 Å². The van der Waals surface area contributed by atoms with E-state index in [9.17, 15) is 19.5 Å². The number of unbranched alkanes of at least 4 members (excludes halogenated alkanes) is 2. The predicted molar refractivity (Wildman–Crippen MR) is 146 cm³/mol. The third-order valence-corrected chi connectivity index (χ3v) is 10.3. The molecule has 4 rings (SSSR count). The summed E-state index contributed by atoms with van der Waals surface area (Å²) in [7, 11) is 0. The number of thioether (sulfide) groups is 1. The Morgan fingerprint density at radius 3 is 2.51 bits per heavy atom. The maximum absolute atomic E-state index is 14.1. The molecule has 2 bridgehead atoms. The molecule has 3 amide bonds. The highest BCUT2D eigenvalue weighted by Gasteiger charge is 2.77. The van der Waals surface area contributed by atoms with Crippen molar-refractivity contribution in [2.24, 2.45) is 11.8 Å². The number of carbonyl (C=O) groups excluding carboxylic acids is 3. The van der Waals surface area contributed by atoms with Gasteiger partial charge in [-0.3, -0.25) is 14.4 Å². The number of hydrogen-bond donors (Lipinski definition) is 3. The number of likely N-dealkylation sites (tertiary alicyclic amines) is 1. The fourth-order valence-electron chi connectivity index (χ4n) is 6.58. The maximum Gasteiger partial charge on any atom is 0.244 e. The van der Waals surface area contributed by atoms with E-state index >= 15 is 0 Å². The molecule has 3 saturated heterocycles. The molecule has 1 spiro atoms. The second-order valence-corrected chi connectivity index (χ2v) is 12.6. The SMILES string of the molecule is CCCCCNC(=O)C1N([C@@H](CC)CO)C(=O)[C@@H]2[C@@H](C(=O)Nc3ccc(OCC)cc3)[C@@]3(C)CCC12S3. The van der Waals surface area contributed by atoms with Crippen LogP contribution < -0.4 is 15.4 Å². The van der Waals surface area contributed by atoms with Crippen molar-refractivity contribution in [1.29, 1.82) is 0 Å². The summed E-state index contributed by atoms with van der Waals surface area (Å²) < 4.78 is 4.38. The number of anilines is 1. The first-order chi connectivity index (χ1) is 17.8. The third-order valence-electron chi connectivity index (χ3n) is 8.33. The largest absolute Gasteiger partial charge is 0.494 e. The number of aliphatic hydroxyl groups excluding tert-OH is 1. The first-order valence-electron chi connectivity index (χ1n) is 13.7. The summed E-state index contributed by atoms with van der Waals surface area (Å²) in [6, 6.07) is 6.07. The summed E-state index contributed by atoms with van der Waals surface area (Å²) in [5, 5.41) is 16.2. The number of fused-ring (bicyclic) bond motifs is 1. The van der Waals surface area contributed by atoms with Crippen LogP contribution in [0.3, 0.4) is 0 Å². The molecule has 3 heterocycles. The van der Waals surface area contributed by atoms with E-state index in [1.54, 1.807) is 28.8 Å². The van der Waals surface area contributed by atoms with Gasteiger partial charge < -0.3 is 25.4 Å². The van der Waals surface area contributed by atoms with E-state index in [1.807, 2.05) is 26.0 Å². The van der Waals surface area contributed by atoms with Crippen molar-refractivity contribution >= 4 is 35.2 Å². The van der Waals surface area contributed by atoms with Crippen LogP contribution >= 0.6 is 11.8 Å². The lowest BCUT2D eigenvalue weighted by atomic mass is 9.66. The smallest absolute Gasteiger partial charge is 0.244 e. The third kappa shape index (κ3) is 4.85. The Morgan fingerprint density at radius 2 is 1.89 bits per heavy atom. The maximum atomic E-state index is 14.1. The molecule has 3 aliphatic rings. The van der Waals surface area contributed by atoms with E-state index in [4.69, 9.17) is 4.74 Å². The van der Waals surface area contributed by atoms with Crippen LogP contribution in [0.25, 0.3) is 0 Å². The van der Waals surface area contributed by atoms with Gasteiger partial charge in [-0.15, -0.1) is 11.8 Å². The molecule has 1 aromatic carbocycles. The number of aliphatic hydroxyl groups is 1. The minimum atomic E-state index is -0.696. The van der Waals surface area contributed by atoms with Crippen molar-refractivity contribution in [2.75, 3.05) is 25.1 Å². The monoisotopic (exact) mass is 531 g/mol. The topological polar surface area (TPSA) is 108 Å². The molecule has 2 unspecified atom stereocenters.